The van der Waals surface area contributed by atoms with Crippen molar-refractivity contribution in [1.29, 1.82) is 0 Å². The minimum atomic E-state index is -0.977. The lowest BCUT2D eigenvalue weighted by Gasteiger charge is -2.46. The maximum Gasteiger partial charge on any atom is 0.314 e. The lowest BCUT2D eigenvalue weighted by Crippen LogP contribution is -2.40. The Balaban J connectivity index is 1.35. The summed E-state index contributed by atoms with van der Waals surface area (Å²) in [5, 5.41) is 0. The van der Waals surface area contributed by atoms with Gasteiger partial charge in [0.25, 0.3) is 0 Å². The van der Waals surface area contributed by atoms with Gasteiger partial charge in [-0.2, -0.15) is 0 Å². The molecule has 0 spiro atoms. The summed E-state index contributed by atoms with van der Waals surface area (Å²) in [6.45, 7) is 2.32. The van der Waals surface area contributed by atoms with Crippen molar-refractivity contribution in [3.8, 4) is 5.75 Å². The van der Waals surface area contributed by atoms with Crippen molar-refractivity contribution in [2.24, 2.45) is 35.5 Å². The molecule has 2 nitrogen and oxygen atoms in total. The fourth-order valence-corrected chi connectivity index (χ4v) is 6.52. The zero-order valence-corrected chi connectivity index (χ0v) is 17.5. The molecule has 160 valence electrons. The third-order valence-corrected chi connectivity index (χ3v) is 8.24. The summed E-state index contributed by atoms with van der Waals surface area (Å²) < 4.78 is 32.0. The van der Waals surface area contributed by atoms with Gasteiger partial charge >= 0.3 is 5.97 Å². The first-order chi connectivity index (χ1) is 14.0. The van der Waals surface area contributed by atoms with Crippen molar-refractivity contribution < 1.29 is 18.3 Å². The molecule has 0 radical (unpaired) electrons. The molecule has 3 fully saturated rings. The van der Waals surface area contributed by atoms with Crippen LogP contribution in [0.15, 0.2) is 18.2 Å². The Bertz CT molecular complexity index is 711. The quantitative estimate of drug-likeness (QED) is 0.402. The van der Waals surface area contributed by atoms with Crippen LogP contribution in [0.4, 0.5) is 8.78 Å². The van der Waals surface area contributed by atoms with Crippen LogP contribution in [0.5, 0.6) is 5.75 Å². The van der Waals surface area contributed by atoms with Gasteiger partial charge in [0.15, 0.2) is 11.6 Å². The molecule has 4 rings (SSSR count). The van der Waals surface area contributed by atoms with Crippen LogP contribution in [0.25, 0.3) is 0 Å². The Morgan fingerprint density at radius 3 is 2.41 bits per heavy atom. The van der Waals surface area contributed by atoms with Crippen molar-refractivity contribution in [3.05, 3.63) is 29.8 Å². The van der Waals surface area contributed by atoms with Crippen LogP contribution in [0.2, 0.25) is 0 Å². The first kappa shape index (κ1) is 20.8. The fraction of sp³-hybridized carbons (Fsp3) is 0.720. The van der Waals surface area contributed by atoms with Crippen LogP contribution >= 0.6 is 0 Å². The molecule has 4 unspecified atom stereocenters. The monoisotopic (exact) mass is 404 g/mol. The number of halogens is 2. The smallest absolute Gasteiger partial charge is 0.314 e. The Hall–Kier alpha value is -1.45. The van der Waals surface area contributed by atoms with Gasteiger partial charge in [-0.05, 0) is 80.2 Å². The molecular weight excluding hydrogens is 370 g/mol. The molecular formula is C25H34F2O2. The van der Waals surface area contributed by atoms with Crippen molar-refractivity contribution in [1.82, 2.24) is 0 Å². The highest BCUT2D eigenvalue weighted by atomic mass is 19.2. The van der Waals surface area contributed by atoms with Crippen molar-refractivity contribution in [3.63, 3.8) is 0 Å². The van der Waals surface area contributed by atoms with Crippen molar-refractivity contribution in [2.45, 2.75) is 77.6 Å². The summed E-state index contributed by atoms with van der Waals surface area (Å²) in [5.74, 6) is 1.52. The first-order valence-electron chi connectivity index (χ1n) is 11.7. The Morgan fingerprint density at radius 2 is 1.69 bits per heavy atom. The van der Waals surface area contributed by atoms with Gasteiger partial charge in [-0.1, -0.05) is 39.0 Å². The summed E-state index contributed by atoms with van der Waals surface area (Å²) in [6.07, 6.45) is 13.7. The molecule has 29 heavy (non-hydrogen) atoms. The van der Waals surface area contributed by atoms with Gasteiger partial charge in [0.2, 0.25) is 0 Å². The number of hydrogen-bond donors (Lipinski definition) is 0. The summed E-state index contributed by atoms with van der Waals surface area (Å²) in [6, 6.07) is 3.32. The van der Waals surface area contributed by atoms with Gasteiger partial charge in [-0.15, -0.1) is 0 Å². The predicted octanol–water partition coefficient (Wildman–Crippen LogP) is 6.92. The van der Waals surface area contributed by atoms with E-state index in [1.807, 2.05) is 0 Å². The average Bonchev–Trinajstić information content (AvgIpc) is 2.75. The molecule has 0 bridgehead atoms. The maximum absolute atomic E-state index is 13.4. The van der Waals surface area contributed by atoms with Crippen LogP contribution in [0, 0.1) is 47.1 Å². The normalized spacial score (nSPS) is 35.0. The second-order valence-corrected chi connectivity index (χ2v) is 9.72. The number of carbonyl (C=O) groups is 1. The molecule has 1 aromatic rings. The van der Waals surface area contributed by atoms with E-state index >= 15 is 0 Å². The van der Waals surface area contributed by atoms with E-state index in [0.29, 0.717) is 11.8 Å². The summed E-state index contributed by atoms with van der Waals surface area (Å²) >= 11 is 0. The van der Waals surface area contributed by atoms with E-state index in [1.165, 1.54) is 57.4 Å². The number of benzene rings is 1. The molecule has 4 atom stereocenters. The molecule has 3 aliphatic rings. The van der Waals surface area contributed by atoms with E-state index in [1.54, 1.807) is 0 Å². The third kappa shape index (κ3) is 4.67. The molecule has 3 saturated carbocycles. The molecule has 0 amide bonds. The average molecular weight is 405 g/mol. The van der Waals surface area contributed by atoms with Crippen molar-refractivity contribution >= 4 is 5.97 Å². The van der Waals surface area contributed by atoms with Crippen molar-refractivity contribution in [2.75, 3.05) is 0 Å². The van der Waals surface area contributed by atoms with Gasteiger partial charge in [-0.3, -0.25) is 4.79 Å². The highest BCUT2D eigenvalue weighted by Crippen LogP contribution is 2.50. The summed E-state index contributed by atoms with van der Waals surface area (Å²) in [5.41, 5.74) is 0. The summed E-state index contributed by atoms with van der Waals surface area (Å²) in [4.78, 5) is 12.8. The highest BCUT2D eigenvalue weighted by Gasteiger charge is 2.43. The molecule has 0 N–H and O–H groups in total. The lowest BCUT2D eigenvalue weighted by molar-refractivity contribution is -0.144. The number of ether oxygens (including phenoxy) is 1. The number of rotatable bonds is 4. The standard InChI is InChI=1S/C25H34F2O2/c1-2-16-6-8-17(9-7-16)18-10-12-21-19(14-18)4-3-5-22(21)25(28)29-20-11-13-23(26)24(27)15-20/h11,13,15-19,21-22H,2-10,12,14H2,1H3. The highest BCUT2D eigenvalue weighted by molar-refractivity contribution is 5.75. The topological polar surface area (TPSA) is 26.3 Å². The van der Waals surface area contributed by atoms with Gasteiger partial charge in [0, 0.05) is 6.07 Å². The van der Waals surface area contributed by atoms with Gasteiger partial charge in [-0.25, -0.2) is 8.78 Å². The van der Waals surface area contributed by atoms with Crippen LogP contribution in [-0.4, -0.2) is 5.97 Å². The lowest BCUT2D eigenvalue weighted by atomic mass is 9.59. The zero-order chi connectivity index (χ0) is 20.4. The molecule has 0 heterocycles. The fourth-order valence-electron chi connectivity index (χ4n) is 6.52. The van der Waals surface area contributed by atoms with Crippen LogP contribution in [0.3, 0.4) is 0 Å². The van der Waals surface area contributed by atoms with E-state index in [9.17, 15) is 13.6 Å². The van der Waals surface area contributed by atoms with Gasteiger partial charge in [0.05, 0.1) is 5.92 Å². The molecule has 4 heteroatoms. The van der Waals surface area contributed by atoms with Crippen LogP contribution in [0.1, 0.15) is 77.6 Å². The molecule has 3 aliphatic carbocycles. The van der Waals surface area contributed by atoms with E-state index in [4.69, 9.17) is 4.74 Å². The van der Waals surface area contributed by atoms with E-state index in [0.717, 1.165) is 49.1 Å². The predicted molar refractivity (Wildman–Crippen MR) is 109 cm³/mol. The van der Waals surface area contributed by atoms with Gasteiger partial charge in [0.1, 0.15) is 5.75 Å². The Labute approximate surface area is 173 Å². The van der Waals surface area contributed by atoms with E-state index < -0.39 is 11.6 Å². The maximum atomic E-state index is 13.4. The van der Waals surface area contributed by atoms with Crippen LogP contribution < -0.4 is 4.74 Å². The minimum absolute atomic E-state index is 0.0985. The van der Waals surface area contributed by atoms with Crippen LogP contribution in [-0.2, 0) is 4.79 Å². The number of fused-ring (bicyclic) bond motifs is 1. The molecule has 1 aromatic carbocycles. The SMILES string of the molecule is CCC1CCC(C2CCC3C(CCCC3C(=O)Oc3ccc(F)c(F)c3)C2)CC1. The molecule has 0 saturated heterocycles. The minimum Gasteiger partial charge on any atom is -0.426 e. The number of hydrogen-bond acceptors (Lipinski definition) is 2. The second-order valence-electron chi connectivity index (χ2n) is 9.72. The number of carbonyl (C=O) groups excluding carboxylic acids is 1. The molecule has 0 aromatic heterocycles. The van der Waals surface area contributed by atoms with E-state index in [2.05, 4.69) is 6.92 Å². The Kier molecular flexibility index (Phi) is 6.56. The second kappa shape index (κ2) is 9.14. The Morgan fingerprint density at radius 1 is 0.931 bits per heavy atom. The molecule has 0 aliphatic heterocycles. The number of esters is 1. The first-order valence-corrected chi connectivity index (χ1v) is 11.7. The largest absolute Gasteiger partial charge is 0.426 e. The van der Waals surface area contributed by atoms with E-state index in [-0.39, 0.29) is 17.6 Å². The zero-order valence-electron chi connectivity index (χ0n) is 17.5. The summed E-state index contributed by atoms with van der Waals surface area (Å²) in [7, 11) is 0. The van der Waals surface area contributed by atoms with Gasteiger partial charge < -0.3 is 4.74 Å². The third-order valence-electron chi connectivity index (χ3n) is 8.24.